The molecule has 5 nitrogen and oxygen atoms in total. The molecule has 6 heteroatoms. The van der Waals surface area contributed by atoms with Crippen molar-refractivity contribution in [3.05, 3.63) is 64.6 Å². The average Bonchev–Trinajstić information content (AvgIpc) is 2.67. The Morgan fingerprint density at radius 2 is 1.75 bits per heavy atom. The van der Waals surface area contributed by atoms with Crippen LogP contribution in [0.4, 0.5) is 5.69 Å². The van der Waals surface area contributed by atoms with E-state index in [-0.39, 0.29) is 0 Å². The molecular weight excluding hydrogens is 366 g/mol. The summed E-state index contributed by atoms with van der Waals surface area (Å²) in [5, 5.41) is 0. The number of hydrogen-bond donors (Lipinski definition) is 1. The first kappa shape index (κ1) is 19.8. The van der Waals surface area contributed by atoms with E-state index in [0.29, 0.717) is 0 Å². The highest BCUT2D eigenvalue weighted by Gasteiger charge is 2.12. The number of hydrogen-bond acceptors (Lipinski definition) is 6. The molecule has 0 amide bonds. The molecular formula is C22H23N5S. The highest BCUT2D eigenvalue weighted by atomic mass is 32.2. The summed E-state index contributed by atoms with van der Waals surface area (Å²) in [4.78, 5) is 17.9. The molecule has 0 aromatic carbocycles. The van der Waals surface area contributed by atoms with Crippen LogP contribution in [0.15, 0.2) is 30.7 Å². The van der Waals surface area contributed by atoms with E-state index in [4.69, 9.17) is 0 Å². The Morgan fingerprint density at radius 1 is 1.00 bits per heavy atom. The van der Waals surface area contributed by atoms with Gasteiger partial charge >= 0.3 is 0 Å². The summed E-state index contributed by atoms with van der Waals surface area (Å²) >= 11 is 1.54. The number of nitrogens with zero attached hydrogens (tertiary/aromatic N) is 4. The fourth-order valence-electron chi connectivity index (χ4n) is 2.96. The Bertz CT molecular complexity index is 1050. The van der Waals surface area contributed by atoms with Crippen molar-refractivity contribution in [1.29, 1.82) is 0 Å². The fraction of sp³-hybridized carbons (Fsp3) is 0.273. The smallest absolute Gasteiger partial charge is 0.116 e. The van der Waals surface area contributed by atoms with Gasteiger partial charge in [-0.05, 0) is 45.4 Å². The van der Waals surface area contributed by atoms with Gasteiger partial charge in [0.1, 0.15) is 6.33 Å². The zero-order valence-corrected chi connectivity index (χ0v) is 17.6. The average molecular weight is 390 g/mol. The highest BCUT2D eigenvalue weighted by molar-refractivity contribution is 7.99. The molecule has 0 atom stereocenters. The summed E-state index contributed by atoms with van der Waals surface area (Å²) in [6, 6.07) is 6.09. The number of aryl methyl sites for hydroxylation is 4. The van der Waals surface area contributed by atoms with Crippen molar-refractivity contribution in [2.75, 3.05) is 11.0 Å². The third-order valence-corrected chi connectivity index (χ3v) is 4.67. The molecule has 0 aliphatic rings. The van der Waals surface area contributed by atoms with Crippen LogP contribution in [0.2, 0.25) is 0 Å². The summed E-state index contributed by atoms with van der Waals surface area (Å²) < 4.78 is 3.24. The van der Waals surface area contributed by atoms with Gasteiger partial charge in [-0.2, -0.15) is 0 Å². The lowest BCUT2D eigenvalue weighted by Crippen LogP contribution is -2.00. The molecule has 0 bridgehead atoms. The summed E-state index contributed by atoms with van der Waals surface area (Å²) in [5.74, 6) is 6.55. The van der Waals surface area contributed by atoms with E-state index in [2.05, 4.69) is 43.4 Å². The molecule has 0 radical (unpaired) electrons. The summed E-state index contributed by atoms with van der Waals surface area (Å²) in [6.45, 7) is 8.03. The maximum absolute atomic E-state index is 4.54. The van der Waals surface area contributed by atoms with Gasteiger partial charge < -0.3 is 4.72 Å². The number of pyridine rings is 2. The second kappa shape index (κ2) is 8.85. The predicted octanol–water partition coefficient (Wildman–Crippen LogP) is 4.51. The van der Waals surface area contributed by atoms with Crippen molar-refractivity contribution in [3.8, 4) is 23.1 Å². The lowest BCUT2D eigenvalue weighted by atomic mass is 10.0. The molecule has 0 spiro atoms. The van der Waals surface area contributed by atoms with Crippen LogP contribution in [-0.4, -0.2) is 26.2 Å². The van der Waals surface area contributed by atoms with E-state index in [0.717, 1.165) is 57.3 Å². The lowest BCUT2D eigenvalue weighted by Gasteiger charge is -2.09. The third-order valence-electron chi connectivity index (χ3n) is 4.25. The van der Waals surface area contributed by atoms with Crippen LogP contribution in [0.5, 0.6) is 0 Å². The van der Waals surface area contributed by atoms with Crippen molar-refractivity contribution in [2.45, 2.75) is 34.1 Å². The van der Waals surface area contributed by atoms with Gasteiger partial charge in [0.05, 0.1) is 28.3 Å². The number of rotatable bonds is 4. The van der Waals surface area contributed by atoms with Gasteiger partial charge in [0, 0.05) is 35.0 Å². The molecule has 3 rings (SSSR count). The van der Waals surface area contributed by atoms with Gasteiger partial charge in [0.2, 0.25) is 0 Å². The molecule has 0 saturated heterocycles. The van der Waals surface area contributed by atoms with Crippen molar-refractivity contribution in [1.82, 2.24) is 19.9 Å². The normalized spacial score (nSPS) is 10.3. The first-order chi connectivity index (χ1) is 13.5. The maximum atomic E-state index is 4.54. The Labute approximate surface area is 170 Å². The molecule has 3 aromatic heterocycles. The molecule has 28 heavy (non-hydrogen) atoms. The van der Waals surface area contributed by atoms with E-state index < -0.39 is 0 Å². The van der Waals surface area contributed by atoms with E-state index in [1.54, 1.807) is 12.5 Å². The Balaban J connectivity index is 2.10. The van der Waals surface area contributed by atoms with Crippen LogP contribution in [0.3, 0.4) is 0 Å². The molecule has 3 aromatic rings. The monoisotopic (exact) mass is 389 g/mol. The quantitative estimate of drug-likeness (QED) is 0.523. The molecule has 0 unspecified atom stereocenters. The maximum Gasteiger partial charge on any atom is 0.116 e. The minimum Gasteiger partial charge on any atom is -0.328 e. The largest absolute Gasteiger partial charge is 0.328 e. The molecule has 0 aliphatic heterocycles. The zero-order valence-electron chi connectivity index (χ0n) is 16.8. The van der Waals surface area contributed by atoms with Crippen LogP contribution in [0.1, 0.15) is 40.8 Å². The van der Waals surface area contributed by atoms with Crippen LogP contribution in [0, 0.1) is 32.6 Å². The molecule has 3 heterocycles. The summed E-state index contributed by atoms with van der Waals surface area (Å²) in [5.41, 5.74) is 8.33. The first-order valence-electron chi connectivity index (χ1n) is 9.09. The minimum atomic E-state index is 0.786. The predicted molar refractivity (Wildman–Crippen MR) is 116 cm³/mol. The van der Waals surface area contributed by atoms with Gasteiger partial charge in [0.25, 0.3) is 0 Å². The zero-order chi connectivity index (χ0) is 20.1. The van der Waals surface area contributed by atoms with Gasteiger partial charge in [-0.3, -0.25) is 9.97 Å². The number of nitrogens with one attached hydrogen (secondary N) is 1. The summed E-state index contributed by atoms with van der Waals surface area (Å²) in [6.07, 6.45) is 6.17. The van der Waals surface area contributed by atoms with Crippen molar-refractivity contribution in [2.24, 2.45) is 0 Å². The van der Waals surface area contributed by atoms with Crippen molar-refractivity contribution < 1.29 is 0 Å². The molecule has 142 valence electrons. The fourth-order valence-corrected chi connectivity index (χ4v) is 3.39. The van der Waals surface area contributed by atoms with Crippen molar-refractivity contribution >= 4 is 17.6 Å². The van der Waals surface area contributed by atoms with E-state index in [9.17, 15) is 0 Å². The second-order valence-electron chi connectivity index (χ2n) is 6.45. The minimum absolute atomic E-state index is 0.786. The van der Waals surface area contributed by atoms with Gasteiger partial charge in [0.15, 0.2) is 0 Å². The number of anilines is 1. The summed E-state index contributed by atoms with van der Waals surface area (Å²) in [7, 11) is 0. The highest BCUT2D eigenvalue weighted by Crippen LogP contribution is 2.24. The Kier molecular flexibility index (Phi) is 6.27. The SMILES string of the molecule is CCc1ncnc(-c2cc(C)nc(C)c2)c1C#Cc1cnc(C)c(NSC)c1. The molecule has 0 fully saturated rings. The van der Waals surface area contributed by atoms with Crippen LogP contribution >= 0.6 is 11.9 Å². The van der Waals surface area contributed by atoms with Gasteiger partial charge in [-0.15, -0.1) is 0 Å². The molecule has 1 N–H and O–H groups in total. The van der Waals surface area contributed by atoms with Crippen LogP contribution in [0.25, 0.3) is 11.3 Å². The molecule has 0 saturated carbocycles. The standard InChI is InChI=1S/C22H23N5S/c1-6-20-19(8-7-17-11-21(27-28-5)16(4)23-12-17)22(25-13-24-20)18-9-14(2)26-15(3)10-18/h9-13,27H,6H2,1-5H3. The van der Waals surface area contributed by atoms with Crippen LogP contribution in [-0.2, 0) is 6.42 Å². The third kappa shape index (κ3) is 4.49. The Morgan fingerprint density at radius 3 is 2.43 bits per heavy atom. The Hall–Kier alpha value is -2.91. The van der Waals surface area contributed by atoms with Gasteiger partial charge in [-0.1, -0.05) is 30.7 Å². The lowest BCUT2D eigenvalue weighted by molar-refractivity contribution is 0.990. The van der Waals surface area contributed by atoms with E-state index in [1.165, 1.54) is 11.9 Å². The van der Waals surface area contributed by atoms with Crippen molar-refractivity contribution in [3.63, 3.8) is 0 Å². The van der Waals surface area contributed by atoms with Crippen LogP contribution < -0.4 is 4.72 Å². The second-order valence-corrected chi connectivity index (χ2v) is 7.06. The topological polar surface area (TPSA) is 63.6 Å². The van der Waals surface area contributed by atoms with E-state index in [1.807, 2.05) is 45.2 Å². The van der Waals surface area contributed by atoms with Gasteiger partial charge in [-0.25, -0.2) is 9.97 Å². The molecule has 0 aliphatic carbocycles. The number of aromatic nitrogens is 4. The first-order valence-corrected chi connectivity index (χ1v) is 10.3. The van der Waals surface area contributed by atoms with E-state index >= 15 is 0 Å².